The van der Waals surface area contributed by atoms with Crippen molar-refractivity contribution in [1.82, 2.24) is 4.90 Å². The van der Waals surface area contributed by atoms with Crippen LogP contribution in [0.3, 0.4) is 0 Å². The molecular weight excluding hydrogens is 275 g/mol. The number of halogens is 1. The smallest absolute Gasteiger partial charge is 0.258 e. The second kappa shape index (κ2) is 6.55. The summed E-state index contributed by atoms with van der Waals surface area (Å²) >= 11 is 0. The van der Waals surface area contributed by atoms with Crippen molar-refractivity contribution in [2.45, 2.75) is 25.3 Å². The van der Waals surface area contributed by atoms with Crippen LogP contribution in [0, 0.1) is 17.1 Å². The van der Waals surface area contributed by atoms with Crippen molar-refractivity contribution in [2.75, 3.05) is 20.3 Å². The van der Waals surface area contributed by atoms with Crippen molar-refractivity contribution in [2.24, 2.45) is 0 Å². The first-order chi connectivity index (χ1) is 10.1. The minimum absolute atomic E-state index is 0.0375. The molecule has 1 atom stereocenters. The van der Waals surface area contributed by atoms with Crippen LogP contribution in [0.1, 0.15) is 41.2 Å². The Bertz CT molecular complexity index is 583. The average Bonchev–Trinajstić information content (AvgIpc) is 2.75. The topological polar surface area (TPSA) is 73.6 Å². The maximum atomic E-state index is 14.0. The fourth-order valence-corrected chi connectivity index (χ4v) is 2.53. The molecule has 0 aromatic heterocycles. The first-order valence-corrected chi connectivity index (χ1v) is 6.83. The summed E-state index contributed by atoms with van der Waals surface area (Å²) in [6.45, 7) is 0.467. The van der Waals surface area contributed by atoms with Gasteiger partial charge in [-0.1, -0.05) is 0 Å². The summed E-state index contributed by atoms with van der Waals surface area (Å²) < 4.78 is 19.0. The second-order valence-corrected chi connectivity index (χ2v) is 4.89. The Morgan fingerprint density at radius 1 is 1.43 bits per heavy atom. The van der Waals surface area contributed by atoms with Crippen LogP contribution in [-0.4, -0.2) is 36.2 Å². The van der Waals surface area contributed by atoms with E-state index in [9.17, 15) is 14.4 Å². The average molecular weight is 292 g/mol. The summed E-state index contributed by atoms with van der Waals surface area (Å²) in [7, 11) is 1.41. The van der Waals surface area contributed by atoms with Crippen molar-refractivity contribution in [3.8, 4) is 11.8 Å². The molecule has 112 valence electrons. The third-order valence-electron chi connectivity index (χ3n) is 3.59. The van der Waals surface area contributed by atoms with Crippen LogP contribution in [-0.2, 0) is 0 Å². The molecule has 0 saturated heterocycles. The number of rotatable bonds is 6. The van der Waals surface area contributed by atoms with Gasteiger partial charge in [0.05, 0.1) is 18.7 Å². The molecular formula is C15H17FN2O3. The molecule has 1 aromatic carbocycles. The molecule has 21 heavy (non-hydrogen) atoms. The molecule has 6 heteroatoms. The molecule has 0 fully saturated rings. The maximum Gasteiger partial charge on any atom is 0.258 e. The number of nitrogens with zero attached hydrogens (tertiary/aromatic N) is 2. The largest absolute Gasteiger partial charge is 0.497 e. The SMILES string of the molecule is COc1cc(F)c2c(c1)C(C#N)N(CCCCCO)C2=O. The van der Waals surface area contributed by atoms with Gasteiger partial charge in [0.15, 0.2) is 0 Å². The molecule has 2 rings (SSSR count). The molecule has 0 spiro atoms. The monoisotopic (exact) mass is 292 g/mol. The van der Waals surface area contributed by atoms with E-state index >= 15 is 0 Å². The molecule has 1 aliphatic heterocycles. The molecule has 0 bridgehead atoms. The van der Waals surface area contributed by atoms with Gasteiger partial charge in [-0.05, 0) is 25.3 Å². The number of aliphatic hydroxyl groups excluding tert-OH is 1. The summed E-state index contributed by atoms with van der Waals surface area (Å²) in [6.07, 6.45) is 2.06. The van der Waals surface area contributed by atoms with Crippen LogP contribution < -0.4 is 4.74 Å². The van der Waals surface area contributed by atoms with Crippen LogP contribution in [0.2, 0.25) is 0 Å². The zero-order valence-electron chi connectivity index (χ0n) is 11.8. The van der Waals surface area contributed by atoms with Crippen LogP contribution in [0.4, 0.5) is 4.39 Å². The highest BCUT2D eigenvalue weighted by atomic mass is 19.1. The van der Waals surface area contributed by atoms with Gasteiger partial charge in [-0.15, -0.1) is 0 Å². The second-order valence-electron chi connectivity index (χ2n) is 4.89. The van der Waals surface area contributed by atoms with Gasteiger partial charge in [0.1, 0.15) is 17.6 Å². The Kier molecular flexibility index (Phi) is 4.76. The lowest BCUT2D eigenvalue weighted by molar-refractivity contribution is 0.0750. The zero-order chi connectivity index (χ0) is 15.4. The van der Waals surface area contributed by atoms with E-state index in [0.717, 1.165) is 12.5 Å². The number of ether oxygens (including phenoxy) is 1. The summed E-state index contributed by atoms with van der Waals surface area (Å²) in [5, 5.41) is 18.1. The molecule has 1 aliphatic rings. The number of hydrogen-bond acceptors (Lipinski definition) is 4. The van der Waals surface area contributed by atoms with Crippen molar-refractivity contribution < 1.29 is 19.0 Å². The number of carbonyl (C=O) groups excluding carboxylic acids is 1. The quantitative estimate of drug-likeness (QED) is 0.814. The summed E-state index contributed by atoms with van der Waals surface area (Å²) in [6, 6.07) is 3.96. The molecule has 5 nitrogen and oxygen atoms in total. The zero-order valence-corrected chi connectivity index (χ0v) is 11.8. The van der Waals surface area contributed by atoms with E-state index in [0.29, 0.717) is 30.7 Å². The standard InChI is InChI=1S/C15H17FN2O3/c1-21-10-7-11-13(9-17)18(5-3-2-4-6-19)15(20)14(11)12(16)8-10/h7-8,13,19H,2-6H2,1H3. The van der Waals surface area contributed by atoms with Crippen LogP contribution >= 0.6 is 0 Å². The van der Waals surface area contributed by atoms with Gasteiger partial charge >= 0.3 is 0 Å². The number of amides is 1. The van der Waals surface area contributed by atoms with Gasteiger partial charge in [0, 0.05) is 24.8 Å². The summed E-state index contributed by atoms with van der Waals surface area (Å²) in [5.41, 5.74) is 0.325. The van der Waals surface area contributed by atoms with Crippen molar-refractivity contribution >= 4 is 5.91 Å². The van der Waals surface area contributed by atoms with E-state index in [-0.39, 0.29) is 12.2 Å². The number of nitriles is 1. The van der Waals surface area contributed by atoms with Gasteiger partial charge < -0.3 is 14.7 Å². The van der Waals surface area contributed by atoms with Crippen molar-refractivity contribution in [1.29, 1.82) is 5.26 Å². The van der Waals surface area contributed by atoms with Gasteiger partial charge in [-0.2, -0.15) is 5.26 Å². The number of unbranched alkanes of at least 4 members (excludes halogenated alkanes) is 2. The lowest BCUT2D eigenvalue weighted by Gasteiger charge is -2.19. The molecule has 1 aromatic rings. The molecule has 1 heterocycles. The minimum Gasteiger partial charge on any atom is -0.497 e. The molecule has 0 aliphatic carbocycles. The number of methoxy groups -OCH3 is 1. The fourth-order valence-electron chi connectivity index (χ4n) is 2.53. The normalized spacial score (nSPS) is 16.8. The molecule has 1 unspecified atom stereocenters. The summed E-state index contributed by atoms with van der Waals surface area (Å²) in [5.74, 6) is -0.824. The van der Waals surface area contributed by atoms with Crippen molar-refractivity contribution in [3.63, 3.8) is 0 Å². The number of hydrogen-bond donors (Lipinski definition) is 1. The molecule has 0 radical (unpaired) electrons. The Hall–Kier alpha value is -2.13. The fraction of sp³-hybridized carbons (Fsp3) is 0.467. The molecule has 1 N–H and O–H groups in total. The number of aliphatic hydroxyl groups is 1. The van der Waals surface area contributed by atoms with Gasteiger partial charge in [-0.25, -0.2) is 4.39 Å². The van der Waals surface area contributed by atoms with E-state index in [2.05, 4.69) is 6.07 Å². The Labute approximate surface area is 122 Å². The Balaban J connectivity index is 2.26. The Morgan fingerprint density at radius 2 is 2.19 bits per heavy atom. The number of benzene rings is 1. The number of fused-ring (bicyclic) bond motifs is 1. The van der Waals surface area contributed by atoms with E-state index in [1.165, 1.54) is 18.1 Å². The van der Waals surface area contributed by atoms with Crippen LogP contribution in [0.5, 0.6) is 5.75 Å². The molecule has 0 saturated carbocycles. The van der Waals surface area contributed by atoms with E-state index in [1.807, 2.05) is 0 Å². The number of carbonyl (C=O) groups is 1. The van der Waals surface area contributed by atoms with E-state index in [1.54, 1.807) is 0 Å². The highest BCUT2D eigenvalue weighted by molar-refractivity contribution is 6.00. The van der Waals surface area contributed by atoms with Gasteiger partial charge in [0.25, 0.3) is 5.91 Å². The first kappa shape index (κ1) is 15.3. The van der Waals surface area contributed by atoms with Gasteiger partial charge in [0.2, 0.25) is 0 Å². The Morgan fingerprint density at radius 3 is 2.81 bits per heavy atom. The van der Waals surface area contributed by atoms with Gasteiger partial charge in [-0.3, -0.25) is 4.79 Å². The lowest BCUT2D eigenvalue weighted by atomic mass is 10.0. The van der Waals surface area contributed by atoms with E-state index < -0.39 is 17.8 Å². The third-order valence-corrected chi connectivity index (χ3v) is 3.59. The van der Waals surface area contributed by atoms with Crippen LogP contribution in [0.25, 0.3) is 0 Å². The van der Waals surface area contributed by atoms with Crippen molar-refractivity contribution in [3.05, 3.63) is 29.1 Å². The first-order valence-electron chi connectivity index (χ1n) is 6.83. The highest BCUT2D eigenvalue weighted by Crippen LogP contribution is 2.37. The summed E-state index contributed by atoms with van der Waals surface area (Å²) in [4.78, 5) is 13.7. The predicted octanol–water partition coefficient (Wildman–Crippen LogP) is 2.02. The minimum atomic E-state index is -0.786. The molecule has 1 amide bonds. The van der Waals surface area contributed by atoms with Crippen LogP contribution in [0.15, 0.2) is 12.1 Å². The highest BCUT2D eigenvalue weighted by Gasteiger charge is 2.39. The maximum absolute atomic E-state index is 14.0. The van der Waals surface area contributed by atoms with E-state index in [4.69, 9.17) is 9.84 Å². The predicted molar refractivity (Wildman–Crippen MR) is 73.3 cm³/mol. The third kappa shape index (κ3) is 2.83. The lowest BCUT2D eigenvalue weighted by Crippen LogP contribution is -2.28.